The third-order valence-corrected chi connectivity index (χ3v) is 6.32. The molecule has 31 heavy (non-hydrogen) atoms. The minimum atomic E-state index is -0.302. The van der Waals surface area contributed by atoms with Crippen LogP contribution >= 0.6 is 11.3 Å². The zero-order valence-electron chi connectivity index (χ0n) is 17.0. The predicted octanol–water partition coefficient (Wildman–Crippen LogP) is 4.45. The molecular formula is C23H20FN3O3S. The summed E-state index contributed by atoms with van der Waals surface area (Å²) in [5, 5.41) is 5.47. The molecule has 0 aliphatic carbocycles. The van der Waals surface area contributed by atoms with Gasteiger partial charge in [-0.15, -0.1) is 11.3 Å². The van der Waals surface area contributed by atoms with Crippen LogP contribution in [0.1, 0.15) is 15.4 Å². The molecule has 0 radical (unpaired) electrons. The highest BCUT2D eigenvalue weighted by atomic mass is 32.1. The Hall–Kier alpha value is -3.39. The molecule has 0 bridgehead atoms. The Kier molecular flexibility index (Phi) is 4.86. The zero-order chi connectivity index (χ0) is 21.5. The van der Waals surface area contributed by atoms with E-state index < -0.39 is 0 Å². The number of ether oxygens (including phenoxy) is 2. The number of fused-ring (bicyclic) bond motifs is 2. The van der Waals surface area contributed by atoms with E-state index in [4.69, 9.17) is 9.47 Å². The number of halogens is 1. The van der Waals surface area contributed by atoms with E-state index in [1.54, 1.807) is 28.8 Å². The average molecular weight is 437 g/mol. The Balaban J connectivity index is 1.36. The van der Waals surface area contributed by atoms with Crippen LogP contribution in [0.15, 0.2) is 54.6 Å². The number of carbonyl (C=O) groups is 1. The minimum absolute atomic E-state index is 0.0892. The van der Waals surface area contributed by atoms with Crippen molar-refractivity contribution in [1.29, 1.82) is 0 Å². The molecule has 1 amide bonds. The lowest BCUT2D eigenvalue weighted by Crippen LogP contribution is -2.41. The molecule has 0 spiro atoms. The molecule has 0 saturated carbocycles. The van der Waals surface area contributed by atoms with E-state index in [1.165, 1.54) is 23.5 Å². The molecule has 0 saturated heterocycles. The van der Waals surface area contributed by atoms with Crippen LogP contribution in [0.2, 0.25) is 0 Å². The maximum Gasteiger partial charge on any atom is 0.263 e. The minimum Gasteiger partial charge on any atom is -0.486 e. The third kappa shape index (κ3) is 3.63. The molecule has 2 aromatic heterocycles. The van der Waals surface area contributed by atoms with Gasteiger partial charge in [0.05, 0.1) is 22.8 Å². The smallest absolute Gasteiger partial charge is 0.263 e. The highest BCUT2D eigenvalue weighted by Crippen LogP contribution is 2.33. The Morgan fingerprint density at radius 1 is 1.23 bits per heavy atom. The van der Waals surface area contributed by atoms with Crippen LogP contribution in [0.4, 0.5) is 4.39 Å². The summed E-state index contributed by atoms with van der Waals surface area (Å²) in [7, 11) is 1.76. The number of amides is 1. The van der Waals surface area contributed by atoms with Crippen molar-refractivity contribution >= 4 is 27.5 Å². The second-order valence-corrected chi connectivity index (χ2v) is 8.52. The van der Waals surface area contributed by atoms with Gasteiger partial charge in [0, 0.05) is 12.4 Å². The fourth-order valence-corrected chi connectivity index (χ4v) is 4.82. The number of aryl methyl sites for hydroxylation is 1. The molecule has 2 aromatic carbocycles. The molecule has 3 heterocycles. The van der Waals surface area contributed by atoms with E-state index in [9.17, 15) is 9.18 Å². The number of hydrogen-bond acceptors (Lipinski definition) is 5. The summed E-state index contributed by atoms with van der Waals surface area (Å²) in [6, 6.07) is 15.5. The van der Waals surface area contributed by atoms with Crippen molar-refractivity contribution in [2.75, 3.05) is 20.2 Å². The quantitative estimate of drug-likeness (QED) is 0.474. The van der Waals surface area contributed by atoms with Gasteiger partial charge in [-0.2, -0.15) is 5.10 Å². The van der Waals surface area contributed by atoms with Gasteiger partial charge in [0.1, 0.15) is 17.3 Å². The molecule has 8 heteroatoms. The first-order valence-electron chi connectivity index (χ1n) is 9.88. The molecule has 1 atom stereocenters. The summed E-state index contributed by atoms with van der Waals surface area (Å²) in [5.74, 6) is 1.02. The van der Waals surface area contributed by atoms with Crippen LogP contribution in [0.5, 0.6) is 11.5 Å². The lowest BCUT2D eigenvalue weighted by molar-refractivity contribution is 0.0524. The van der Waals surface area contributed by atoms with E-state index in [0.29, 0.717) is 23.8 Å². The van der Waals surface area contributed by atoms with Gasteiger partial charge in [-0.05, 0) is 49.4 Å². The first-order valence-corrected chi connectivity index (χ1v) is 10.7. The standard InChI is InChI=1S/C23H20FN3O3S/c1-14-18-11-21(31-23(18)27(25-14)16-9-7-15(24)8-10-16)22(28)26(2)12-17-13-29-19-5-3-4-6-20(19)30-17/h3-11,17H,12-13H2,1-2H3/t17-/m0/s1. The predicted molar refractivity (Wildman–Crippen MR) is 117 cm³/mol. The molecule has 0 unspecified atom stereocenters. The number of para-hydroxylation sites is 2. The van der Waals surface area contributed by atoms with Gasteiger partial charge in [0.25, 0.3) is 5.91 Å². The van der Waals surface area contributed by atoms with Gasteiger partial charge in [0.15, 0.2) is 17.6 Å². The highest BCUT2D eigenvalue weighted by molar-refractivity contribution is 7.20. The maximum atomic E-state index is 13.3. The Bertz CT molecular complexity index is 1270. The van der Waals surface area contributed by atoms with Gasteiger partial charge >= 0.3 is 0 Å². The van der Waals surface area contributed by atoms with Crippen molar-refractivity contribution < 1.29 is 18.7 Å². The summed E-state index contributed by atoms with van der Waals surface area (Å²) >= 11 is 1.37. The number of rotatable bonds is 4. The number of thiophene rings is 1. The number of benzene rings is 2. The van der Waals surface area contributed by atoms with Crippen molar-refractivity contribution in [2.24, 2.45) is 0 Å². The van der Waals surface area contributed by atoms with Gasteiger partial charge in [-0.25, -0.2) is 9.07 Å². The van der Waals surface area contributed by atoms with Crippen LogP contribution < -0.4 is 9.47 Å². The van der Waals surface area contributed by atoms with Crippen LogP contribution in [0, 0.1) is 12.7 Å². The molecule has 1 aliphatic heterocycles. The normalized spacial score (nSPS) is 15.3. The molecule has 1 aliphatic rings. The Morgan fingerprint density at radius 3 is 2.74 bits per heavy atom. The summed E-state index contributed by atoms with van der Waals surface area (Å²) in [6.45, 7) is 2.70. The van der Waals surface area contributed by atoms with E-state index in [0.717, 1.165) is 27.3 Å². The first kappa shape index (κ1) is 19.6. The molecule has 5 rings (SSSR count). The summed E-state index contributed by atoms with van der Waals surface area (Å²) in [6.07, 6.45) is -0.241. The van der Waals surface area contributed by atoms with Crippen molar-refractivity contribution in [1.82, 2.24) is 14.7 Å². The highest BCUT2D eigenvalue weighted by Gasteiger charge is 2.26. The van der Waals surface area contributed by atoms with Crippen LogP contribution in [0.25, 0.3) is 15.9 Å². The lowest BCUT2D eigenvalue weighted by atomic mass is 10.2. The average Bonchev–Trinajstić information content (AvgIpc) is 3.34. The Labute approximate surface area is 182 Å². The fourth-order valence-electron chi connectivity index (χ4n) is 3.64. The van der Waals surface area contributed by atoms with Crippen molar-refractivity contribution in [3.05, 3.63) is 71.0 Å². The van der Waals surface area contributed by atoms with Crippen molar-refractivity contribution in [3.8, 4) is 17.2 Å². The second kappa shape index (κ2) is 7.70. The van der Waals surface area contributed by atoms with E-state index in [1.807, 2.05) is 37.3 Å². The largest absolute Gasteiger partial charge is 0.486 e. The molecule has 0 N–H and O–H groups in total. The van der Waals surface area contributed by atoms with Gasteiger partial charge < -0.3 is 14.4 Å². The van der Waals surface area contributed by atoms with Crippen LogP contribution in [-0.2, 0) is 0 Å². The second-order valence-electron chi connectivity index (χ2n) is 7.49. The summed E-state index contributed by atoms with van der Waals surface area (Å²) in [4.78, 5) is 16.2. The number of aromatic nitrogens is 2. The topological polar surface area (TPSA) is 56.6 Å². The lowest BCUT2D eigenvalue weighted by Gasteiger charge is -2.29. The third-order valence-electron chi connectivity index (χ3n) is 5.22. The summed E-state index contributed by atoms with van der Waals surface area (Å²) in [5.41, 5.74) is 1.57. The molecular weight excluding hydrogens is 417 g/mol. The number of likely N-dealkylation sites (N-methyl/N-ethyl adjacent to an activating group) is 1. The van der Waals surface area contributed by atoms with Gasteiger partial charge in [-0.3, -0.25) is 4.79 Å². The van der Waals surface area contributed by atoms with E-state index in [-0.39, 0.29) is 17.8 Å². The van der Waals surface area contributed by atoms with Crippen molar-refractivity contribution in [3.63, 3.8) is 0 Å². The van der Waals surface area contributed by atoms with Gasteiger partial charge in [-0.1, -0.05) is 12.1 Å². The number of carbonyl (C=O) groups excluding carboxylic acids is 1. The first-order chi connectivity index (χ1) is 15.0. The summed E-state index contributed by atoms with van der Waals surface area (Å²) < 4.78 is 26.8. The zero-order valence-corrected chi connectivity index (χ0v) is 17.9. The molecule has 0 fully saturated rings. The molecule has 4 aromatic rings. The maximum absolute atomic E-state index is 13.3. The number of nitrogens with zero attached hydrogens (tertiary/aromatic N) is 3. The van der Waals surface area contributed by atoms with Crippen molar-refractivity contribution in [2.45, 2.75) is 13.0 Å². The molecule has 158 valence electrons. The SMILES string of the molecule is Cc1nn(-c2ccc(F)cc2)c2sc(C(=O)N(C)C[C@H]3COc4ccccc4O3)cc12. The van der Waals surface area contributed by atoms with E-state index in [2.05, 4.69) is 5.10 Å². The Morgan fingerprint density at radius 2 is 1.97 bits per heavy atom. The number of hydrogen-bond donors (Lipinski definition) is 0. The molecule has 6 nitrogen and oxygen atoms in total. The van der Waals surface area contributed by atoms with Gasteiger partial charge in [0.2, 0.25) is 0 Å². The fraction of sp³-hybridized carbons (Fsp3) is 0.217. The van der Waals surface area contributed by atoms with Crippen LogP contribution in [0.3, 0.4) is 0 Å². The van der Waals surface area contributed by atoms with Crippen LogP contribution in [-0.4, -0.2) is 46.9 Å². The monoisotopic (exact) mass is 437 g/mol. The van der Waals surface area contributed by atoms with E-state index >= 15 is 0 Å².